The van der Waals surface area contributed by atoms with Crippen LogP contribution in [0.3, 0.4) is 0 Å². The number of hydrogen-bond acceptors (Lipinski definition) is 4. The molecule has 1 rings (SSSR count). The van der Waals surface area contributed by atoms with Crippen molar-refractivity contribution in [2.24, 2.45) is 11.7 Å². The van der Waals surface area contributed by atoms with E-state index in [1.807, 2.05) is 12.5 Å². The third kappa shape index (κ3) is 6.63. The molecule has 20 heavy (non-hydrogen) atoms. The van der Waals surface area contributed by atoms with Crippen molar-refractivity contribution in [2.75, 3.05) is 12.0 Å². The van der Waals surface area contributed by atoms with E-state index in [1.165, 1.54) is 0 Å². The summed E-state index contributed by atoms with van der Waals surface area (Å²) in [4.78, 5) is 16.1. The molecule has 1 amide bonds. The molecule has 0 aliphatic rings. The molecule has 0 saturated heterocycles. The molecule has 0 aliphatic heterocycles. The quantitative estimate of drug-likeness (QED) is 0.764. The third-order valence-electron chi connectivity index (χ3n) is 2.75. The van der Waals surface area contributed by atoms with Crippen LogP contribution in [-0.2, 0) is 17.9 Å². The minimum Gasteiger partial charge on any atom is -0.348 e. The molecule has 1 aromatic heterocycles. The smallest absolute Gasteiger partial charge is 0.237 e. The first-order valence-corrected chi connectivity index (χ1v) is 7.96. The topological polar surface area (TPSA) is 72.9 Å². The molecule has 0 bridgehead atoms. The highest BCUT2D eigenvalue weighted by molar-refractivity contribution is 7.98. The number of nitrogens with two attached hydrogens (primary N) is 1. The van der Waals surface area contributed by atoms with Crippen molar-refractivity contribution in [1.82, 2.24) is 14.9 Å². The fraction of sp³-hybridized carbons (Fsp3) is 0.692. The zero-order valence-corrected chi connectivity index (χ0v) is 14.0. The largest absolute Gasteiger partial charge is 0.348 e. The van der Waals surface area contributed by atoms with E-state index in [2.05, 4.69) is 28.7 Å². The van der Waals surface area contributed by atoms with Gasteiger partial charge in [-0.1, -0.05) is 13.8 Å². The van der Waals surface area contributed by atoms with Gasteiger partial charge in [-0.25, -0.2) is 4.98 Å². The lowest BCUT2D eigenvalue weighted by molar-refractivity contribution is -0.122. The lowest BCUT2D eigenvalue weighted by Gasteiger charge is -2.13. The van der Waals surface area contributed by atoms with Crippen LogP contribution in [0.2, 0.25) is 0 Å². The standard InChI is InChI=1S/C13H24N4OS.ClH/c1-10(2)9-17-6-5-15-12(17)8-16-13(18)11(14)4-7-19-3;/h5-6,10-11H,4,7-9,14H2,1-3H3,(H,16,18);1H/t11-;/m0./s1. The molecule has 1 heterocycles. The molecule has 0 aromatic carbocycles. The number of amides is 1. The van der Waals surface area contributed by atoms with E-state index < -0.39 is 6.04 Å². The van der Waals surface area contributed by atoms with Gasteiger partial charge in [-0.15, -0.1) is 12.4 Å². The van der Waals surface area contributed by atoms with Crippen molar-refractivity contribution < 1.29 is 4.79 Å². The van der Waals surface area contributed by atoms with E-state index in [0.717, 1.165) is 18.1 Å². The number of hydrogen-bond donors (Lipinski definition) is 2. The Morgan fingerprint density at radius 3 is 2.85 bits per heavy atom. The van der Waals surface area contributed by atoms with Gasteiger partial charge in [0.1, 0.15) is 5.82 Å². The fourth-order valence-electron chi connectivity index (χ4n) is 1.74. The van der Waals surface area contributed by atoms with Gasteiger partial charge in [-0.2, -0.15) is 11.8 Å². The Kier molecular flexibility index (Phi) is 9.71. The van der Waals surface area contributed by atoms with Crippen molar-refractivity contribution in [3.8, 4) is 0 Å². The van der Waals surface area contributed by atoms with Crippen molar-refractivity contribution in [3.05, 3.63) is 18.2 Å². The van der Waals surface area contributed by atoms with Crippen molar-refractivity contribution >= 4 is 30.1 Å². The second-order valence-electron chi connectivity index (χ2n) is 5.00. The first-order valence-electron chi connectivity index (χ1n) is 6.56. The van der Waals surface area contributed by atoms with Gasteiger partial charge in [0.25, 0.3) is 0 Å². The monoisotopic (exact) mass is 320 g/mol. The highest BCUT2D eigenvalue weighted by Crippen LogP contribution is 2.04. The van der Waals surface area contributed by atoms with Crippen LogP contribution in [0.25, 0.3) is 0 Å². The van der Waals surface area contributed by atoms with Crippen LogP contribution >= 0.6 is 24.2 Å². The highest BCUT2D eigenvalue weighted by Gasteiger charge is 2.13. The van der Waals surface area contributed by atoms with E-state index >= 15 is 0 Å². The maximum atomic E-state index is 11.8. The first kappa shape index (κ1) is 19.3. The van der Waals surface area contributed by atoms with Gasteiger partial charge >= 0.3 is 0 Å². The van der Waals surface area contributed by atoms with Crippen molar-refractivity contribution in [3.63, 3.8) is 0 Å². The van der Waals surface area contributed by atoms with Crippen LogP contribution in [0.4, 0.5) is 0 Å². The summed E-state index contributed by atoms with van der Waals surface area (Å²) in [5.41, 5.74) is 5.81. The molecule has 3 N–H and O–H groups in total. The Bertz CT molecular complexity index is 397. The van der Waals surface area contributed by atoms with Crippen molar-refractivity contribution in [2.45, 2.75) is 39.4 Å². The number of carbonyl (C=O) groups excluding carboxylic acids is 1. The summed E-state index contributed by atoms with van der Waals surface area (Å²) in [6, 6.07) is -0.430. The Morgan fingerprint density at radius 2 is 2.25 bits per heavy atom. The van der Waals surface area contributed by atoms with Gasteiger partial charge in [0.15, 0.2) is 0 Å². The lowest BCUT2D eigenvalue weighted by Crippen LogP contribution is -2.41. The van der Waals surface area contributed by atoms with Crippen LogP contribution in [0.15, 0.2) is 12.4 Å². The second kappa shape index (κ2) is 10.1. The molecule has 1 aromatic rings. The lowest BCUT2D eigenvalue weighted by atomic mass is 10.2. The zero-order chi connectivity index (χ0) is 14.3. The van der Waals surface area contributed by atoms with Crippen LogP contribution in [-0.4, -0.2) is 33.5 Å². The summed E-state index contributed by atoms with van der Waals surface area (Å²) in [7, 11) is 0. The van der Waals surface area contributed by atoms with Gasteiger partial charge in [0.05, 0.1) is 12.6 Å². The Hall–Kier alpha value is -0.720. The molecule has 116 valence electrons. The van der Waals surface area contributed by atoms with Gasteiger partial charge in [-0.3, -0.25) is 4.79 Å². The molecule has 7 heteroatoms. The number of nitrogens with zero attached hydrogens (tertiary/aromatic N) is 2. The summed E-state index contributed by atoms with van der Waals surface area (Å²) >= 11 is 1.70. The molecule has 0 fully saturated rings. The molecule has 5 nitrogen and oxygen atoms in total. The minimum atomic E-state index is -0.430. The van der Waals surface area contributed by atoms with E-state index in [1.54, 1.807) is 18.0 Å². The molecule has 0 aliphatic carbocycles. The maximum absolute atomic E-state index is 11.8. The Morgan fingerprint density at radius 1 is 1.55 bits per heavy atom. The third-order valence-corrected chi connectivity index (χ3v) is 3.40. The van der Waals surface area contributed by atoms with Crippen LogP contribution < -0.4 is 11.1 Å². The van der Waals surface area contributed by atoms with E-state index in [0.29, 0.717) is 18.9 Å². The van der Waals surface area contributed by atoms with Crippen LogP contribution in [0.5, 0.6) is 0 Å². The average Bonchev–Trinajstić information content (AvgIpc) is 2.79. The number of rotatable bonds is 8. The molecular weight excluding hydrogens is 296 g/mol. The van der Waals surface area contributed by atoms with Gasteiger partial charge in [0.2, 0.25) is 5.91 Å². The number of aromatic nitrogens is 2. The average molecular weight is 321 g/mol. The predicted molar refractivity (Wildman–Crippen MR) is 87.1 cm³/mol. The first-order chi connectivity index (χ1) is 9.04. The second-order valence-corrected chi connectivity index (χ2v) is 5.98. The molecule has 0 unspecified atom stereocenters. The molecule has 1 atom stereocenters. The SMILES string of the molecule is CSCC[C@H](N)C(=O)NCc1nccn1CC(C)C.Cl. The van der Waals surface area contributed by atoms with E-state index in [9.17, 15) is 4.79 Å². The molecular formula is C13H25ClN4OS. The number of nitrogens with one attached hydrogen (secondary N) is 1. The number of imidazole rings is 1. The van der Waals surface area contributed by atoms with Gasteiger partial charge in [0, 0.05) is 18.9 Å². The number of halogens is 1. The predicted octanol–water partition coefficient (Wildman–Crippen LogP) is 1.66. The summed E-state index contributed by atoms with van der Waals surface area (Å²) in [6.45, 7) is 5.65. The molecule has 0 radical (unpaired) electrons. The zero-order valence-electron chi connectivity index (χ0n) is 12.3. The highest BCUT2D eigenvalue weighted by atomic mass is 35.5. The Labute approximate surface area is 131 Å². The maximum Gasteiger partial charge on any atom is 0.237 e. The summed E-state index contributed by atoms with van der Waals surface area (Å²) in [6.07, 6.45) is 6.41. The minimum absolute atomic E-state index is 0. The van der Waals surface area contributed by atoms with Crippen LogP contribution in [0, 0.1) is 5.92 Å². The molecule has 0 spiro atoms. The summed E-state index contributed by atoms with van der Waals surface area (Å²) < 4.78 is 2.07. The van der Waals surface area contributed by atoms with Gasteiger partial charge < -0.3 is 15.6 Å². The van der Waals surface area contributed by atoms with E-state index in [-0.39, 0.29) is 18.3 Å². The number of carbonyl (C=O) groups is 1. The Balaban J connectivity index is 0.00000361. The normalized spacial score (nSPS) is 12.1. The summed E-state index contributed by atoms with van der Waals surface area (Å²) in [5.74, 6) is 2.22. The van der Waals surface area contributed by atoms with Crippen LogP contribution in [0.1, 0.15) is 26.1 Å². The summed E-state index contributed by atoms with van der Waals surface area (Å²) in [5, 5.41) is 2.85. The van der Waals surface area contributed by atoms with E-state index in [4.69, 9.17) is 5.73 Å². The molecule has 0 saturated carbocycles. The number of thioether (sulfide) groups is 1. The van der Waals surface area contributed by atoms with Crippen molar-refractivity contribution in [1.29, 1.82) is 0 Å². The van der Waals surface area contributed by atoms with Gasteiger partial charge in [-0.05, 0) is 24.3 Å². The fourth-order valence-corrected chi connectivity index (χ4v) is 2.23.